The van der Waals surface area contributed by atoms with Crippen molar-refractivity contribution in [2.75, 3.05) is 13.7 Å². The van der Waals surface area contributed by atoms with Gasteiger partial charge in [-0.15, -0.1) is 0 Å². The molecule has 0 bridgehead atoms. The lowest BCUT2D eigenvalue weighted by Gasteiger charge is -2.28. The number of carbonyl (C=O) groups excluding carboxylic acids is 1. The van der Waals surface area contributed by atoms with Crippen LogP contribution in [0.4, 0.5) is 0 Å². The van der Waals surface area contributed by atoms with E-state index < -0.39 is 0 Å². The number of ether oxygens (including phenoxy) is 4. The van der Waals surface area contributed by atoms with E-state index in [0.717, 1.165) is 41.2 Å². The summed E-state index contributed by atoms with van der Waals surface area (Å²) in [4.78, 5) is 11.7. The lowest BCUT2D eigenvalue weighted by atomic mass is 9.79. The van der Waals surface area contributed by atoms with Gasteiger partial charge in [-0.05, 0) is 76.9 Å². The lowest BCUT2D eigenvalue weighted by molar-refractivity contribution is -0.141. The molecule has 1 aliphatic heterocycles. The van der Waals surface area contributed by atoms with Gasteiger partial charge >= 0.3 is 5.97 Å². The second-order valence-corrected chi connectivity index (χ2v) is 10.3. The van der Waals surface area contributed by atoms with E-state index in [-0.39, 0.29) is 11.9 Å². The van der Waals surface area contributed by atoms with E-state index in [1.165, 1.54) is 40.5 Å². The highest BCUT2D eigenvalue weighted by molar-refractivity contribution is 5.76. The topological polar surface area (TPSA) is 54.0 Å². The van der Waals surface area contributed by atoms with Gasteiger partial charge in [-0.3, -0.25) is 4.79 Å². The minimum Gasteiger partial charge on any atom is -0.492 e. The van der Waals surface area contributed by atoms with Gasteiger partial charge in [0.1, 0.15) is 30.5 Å². The average molecular weight is 521 g/mol. The number of rotatable bonds is 9. The summed E-state index contributed by atoms with van der Waals surface area (Å²) < 4.78 is 23.0. The van der Waals surface area contributed by atoms with Crippen LogP contribution in [0.2, 0.25) is 0 Å². The molecule has 1 heterocycles. The maximum atomic E-state index is 11.7. The Bertz CT molecular complexity index is 1510. The van der Waals surface area contributed by atoms with E-state index in [1.807, 2.05) is 36.4 Å². The number of esters is 1. The molecule has 5 heteroatoms. The quantitative estimate of drug-likeness (QED) is 0.223. The van der Waals surface area contributed by atoms with Gasteiger partial charge in [-0.1, -0.05) is 54.6 Å². The van der Waals surface area contributed by atoms with Gasteiger partial charge in [0.2, 0.25) is 0 Å². The van der Waals surface area contributed by atoms with Crippen molar-refractivity contribution < 1.29 is 23.7 Å². The van der Waals surface area contributed by atoms with Crippen molar-refractivity contribution >= 4 is 5.97 Å². The standard InChI is InChI=1S/C34H32O5/c1-22-15-31(38-19-23-7-4-3-5-8-23)29-13-14-30(29)34(22)25-10-6-9-24(16-25)20-37-27-11-12-28-26(17-33(35)36-2)21-39-32(28)18-27/h3-12,15-16,18,26H,13-14,17,19-21H2,1-2H3. The van der Waals surface area contributed by atoms with Crippen LogP contribution < -0.4 is 14.2 Å². The van der Waals surface area contributed by atoms with E-state index in [4.69, 9.17) is 18.9 Å². The van der Waals surface area contributed by atoms with Crippen molar-refractivity contribution in [1.29, 1.82) is 0 Å². The Balaban J connectivity index is 1.15. The third-order valence-corrected chi connectivity index (χ3v) is 7.69. The maximum absolute atomic E-state index is 11.7. The first-order valence-corrected chi connectivity index (χ1v) is 13.5. The summed E-state index contributed by atoms with van der Waals surface area (Å²) in [6.07, 6.45) is 2.44. The molecule has 198 valence electrons. The Morgan fingerprint density at radius 3 is 2.46 bits per heavy atom. The van der Waals surface area contributed by atoms with Crippen molar-refractivity contribution in [3.63, 3.8) is 0 Å². The predicted molar refractivity (Wildman–Crippen MR) is 150 cm³/mol. The largest absolute Gasteiger partial charge is 0.492 e. The molecule has 6 rings (SSSR count). The van der Waals surface area contributed by atoms with Gasteiger partial charge in [-0.25, -0.2) is 0 Å². The molecule has 0 spiro atoms. The molecular formula is C34H32O5. The Kier molecular flexibility index (Phi) is 6.97. The van der Waals surface area contributed by atoms with E-state index in [0.29, 0.717) is 26.2 Å². The first kappa shape index (κ1) is 25.1. The van der Waals surface area contributed by atoms with Crippen LogP contribution in [-0.4, -0.2) is 19.7 Å². The molecule has 0 fully saturated rings. The average Bonchev–Trinajstić information content (AvgIpc) is 3.34. The van der Waals surface area contributed by atoms with Crippen molar-refractivity contribution in [3.05, 3.63) is 112 Å². The second-order valence-electron chi connectivity index (χ2n) is 10.3. The van der Waals surface area contributed by atoms with Crippen LogP contribution >= 0.6 is 0 Å². The molecule has 0 amide bonds. The summed E-state index contributed by atoms with van der Waals surface area (Å²) in [6.45, 7) is 3.69. The van der Waals surface area contributed by atoms with Crippen molar-refractivity contribution in [3.8, 4) is 28.4 Å². The Morgan fingerprint density at radius 2 is 1.67 bits per heavy atom. The summed E-state index contributed by atoms with van der Waals surface area (Å²) in [5.74, 6) is 2.33. The first-order chi connectivity index (χ1) is 19.1. The molecule has 39 heavy (non-hydrogen) atoms. The normalized spacial score (nSPS) is 15.0. The molecule has 0 N–H and O–H groups in total. The zero-order valence-corrected chi connectivity index (χ0v) is 22.4. The molecule has 1 aliphatic carbocycles. The highest BCUT2D eigenvalue weighted by Gasteiger charge is 2.27. The summed E-state index contributed by atoms with van der Waals surface area (Å²) >= 11 is 0. The van der Waals surface area contributed by atoms with Crippen LogP contribution in [0.5, 0.6) is 17.2 Å². The fourth-order valence-electron chi connectivity index (χ4n) is 5.57. The Morgan fingerprint density at radius 1 is 0.872 bits per heavy atom. The minimum atomic E-state index is -0.226. The molecule has 4 aromatic rings. The third-order valence-electron chi connectivity index (χ3n) is 7.69. The fourth-order valence-corrected chi connectivity index (χ4v) is 5.57. The molecule has 2 aliphatic rings. The van der Waals surface area contributed by atoms with Gasteiger partial charge in [-0.2, -0.15) is 0 Å². The van der Waals surface area contributed by atoms with E-state index in [1.54, 1.807) is 0 Å². The zero-order valence-electron chi connectivity index (χ0n) is 22.4. The van der Waals surface area contributed by atoms with Crippen LogP contribution in [0.1, 0.15) is 45.7 Å². The summed E-state index contributed by atoms with van der Waals surface area (Å²) in [5, 5.41) is 0. The number of methoxy groups -OCH3 is 1. The molecular weight excluding hydrogens is 488 g/mol. The molecule has 1 atom stereocenters. The Hall–Kier alpha value is -4.25. The van der Waals surface area contributed by atoms with E-state index in [2.05, 4.69) is 49.4 Å². The highest BCUT2D eigenvalue weighted by Crippen LogP contribution is 2.42. The van der Waals surface area contributed by atoms with Gasteiger partial charge in [0.25, 0.3) is 0 Å². The van der Waals surface area contributed by atoms with Crippen LogP contribution in [-0.2, 0) is 35.6 Å². The Labute approximate surface area is 229 Å². The summed E-state index contributed by atoms with van der Waals surface area (Å²) in [5.41, 5.74) is 9.79. The molecule has 1 unspecified atom stereocenters. The van der Waals surface area contributed by atoms with Crippen LogP contribution in [0.15, 0.2) is 78.9 Å². The fraction of sp³-hybridized carbons (Fsp3) is 0.265. The summed E-state index contributed by atoms with van der Waals surface area (Å²) in [7, 11) is 1.41. The van der Waals surface area contributed by atoms with Crippen LogP contribution in [0, 0.1) is 6.92 Å². The lowest BCUT2D eigenvalue weighted by Crippen LogP contribution is -2.14. The molecule has 0 saturated carbocycles. The van der Waals surface area contributed by atoms with Crippen molar-refractivity contribution in [1.82, 2.24) is 0 Å². The number of fused-ring (bicyclic) bond motifs is 2. The maximum Gasteiger partial charge on any atom is 0.306 e. The van der Waals surface area contributed by atoms with E-state index >= 15 is 0 Å². The molecule has 5 nitrogen and oxygen atoms in total. The minimum absolute atomic E-state index is 0.0224. The van der Waals surface area contributed by atoms with Gasteiger partial charge in [0.05, 0.1) is 20.1 Å². The number of hydrogen-bond donors (Lipinski definition) is 0. The number of benzene rings is 4. The number of carbonyl (C=O) groups is 1. The van der Waals surface area contributed by atoms with Gasteiger partial charge in [0, 0.05) is 17.5 Å². The van der Waals surface area contributed by atoms with Crippen molar-refractivity contribution in [2.24, 2.45) is 0 Å². The first-order valence-electron chi connectivity index (χ1n) is 13.5. The zero-order chi connectivity index (χ0) is 26.8. The molecule has 0 saturated heterocycles. The monoisotopic (exact) mass is 520 g/mol. The molecule has 0 aromatic heterocycles. The number of hydrogen-bond acceptors (Lipinski definition) is 5. The van der Waals surface area contributed by atoms with Crippen LogP contribution in [0.3, 0.4) is 0 Å². The molecule has 4 aromatic carbocycles. The third kappa shape index (κ3) is 5.22. The predicted octanol–water partition coefficient (Wildman–Crippen LogP) is 6.96. The van der Waals surface area contributed by atoms with Crippen molar-refractivity contribution in [2.45, 2.75) is 45.3 Å². The highest BCUT2D eigenvalue weighted by atomic mass is 16.5. The van der Waals surface area contributed by atoms with Gasteiger partial charge < -0.3 is 18.9 Å². The second kappa shape index (κ2) is 10.9. The molecule has 0 radical (unpaired) electrons. The summed E-state index contributed by atoms with van der Waals surface area (Å²) in [6, 6.07) is 27.0. The smallest absolute Gasteiger partial charge is 0.306 e. The van der Waals surface area contributed by atoms with Crippen LogP contribution in [0.25, 0.3) is 11.1 Å². The number of aryl methyl sites for hydroxylation is 1. The van der Waals surface area contributed by atoms with Gasteiger partial charge in [0.15, 0.2) is 0 Å². The SMILES string of the molecule is COC(=O)CC1COc2cc(OCc3cccc(-c4c(C)cc(OCc5ccccc5)c5c4CC5)c3)ccc21. The van der Waals surface area contributed by atoms with E-state index in [9.17, 15) is 4.79 Å².